The van der Waals surface area contributed by atoms with E-state index in [0.29, 0.717) is 5.13 Å². The standard InChI is InChI=1S/C11H15N3O5S/c1-5-6(2)20-11(12-5)14-10(19)13-7(9(17)18)3-4-8(15)16/h7H,3-4H2,1-2H3,(H,15,16)(H,17,18)(H2,12,13,14,19). The Kier molecular flexibility index (Phi) is 5.44. The molecule has 1 unspecified atom stereocenters. The predicted octanol–water partition coefficient (Wildman–Crippen LogP) is 1.20. The molecule has 0 saturated heterocycles. The molecule has 20 heavy (non-hydrogen) atoms. The van der Waals surface area contributed by atoms with Crippen LogP contribution in [-0.4, -0.2) is 39.2 Å². The first-order valence-electron chi connectivity index (χ1n) is 5.75. The molecule has 1 rings (SSSR count). The number of rotatable bonds is 6. The van der Waals surface area contributed by atoms with Crippen molar-refractivity contribution in [2.45, 2.75) is 32.7 Å². The molecule has 0 aliphatic carbocycles. The van der Waals surface area contributed by atoms with Gasteiger partial charge in [0.2, 0.25) is 0 Å². The van der Waals surface area contributed by atoms with Crippen LogP contribution in [-0.2, 0) is 9.59 Å². The van der Waals surface area contributed by atoms with Gasteiger partial charge in [-0.25, -0.2) is 14.6 Å². The number of hydrogen-bond donors (Lipinski definition) is 4. The number of carbonyl (C=O) groups excluding carboxylic acids is 1. The minimum Gasteiger partial charge on any atom is -0.481 e. The van der Waals surface area contributed by atoms with E-state index in [-0.39, 0.29) is 12.8 Å². The zero-order valence-electron chi connectivity index (χ0n) is 11.0. The molecular weight excluding hydrogens is 286 g/mol. The highest BCUT2D eigenvalue weighted by molar-refractivity contribution is 7.15. The number of anilines is 1. The summed E-state index contributed by atoms with van der Waals surface area (Å²) in [5, 5.41) is 22.4. The Bertz CT molecular complexity index is 509. The van der Waals surface area contributed by atoms with E-state index in [1.807, 2.05) is 6.92 Å². The summed E-state index contributed by atoms with van der Waals surface area (Å²) >= 11 is 1.27. The number of nitrogens with one attached hydrogen (secondary N) is 2. The van der Waals surface area contributed by atoms with Crippen LogP contribution < -0.4 is 10.6 Å². The smallest absolute Gasteiger partial charge is 0.326 e. The summed E-state index contributed by atoms with van der Waals surface area (Å²) in [4.78, 5) is 38.0. The van der Waals surface area contributed by atoms with Crippen molar-refractivity contribution in [1.29, 1.82) is 0 Å². The number of carbonyl (C=O) groups is 3. The maximum Gasteiger partial charge on any atom is 0.326 e. The fourth-order valence-electron chi connectivity index (χ4n) is 1.34. The zero-order chi connectivity index (χ0) is 15.3. The fraction of sp³-hybridized carbons (Fsp3) is 0.455. The molecule has 0 bridgehead atoms. The van der Waals surface area contributed by atoms with Crippen molar-refractivity contribution in [1.82, 2.24) is 10.3 Å². The Morgan fingerprint density at radius 2 is 1.95 bits per heavy atom. The first kappa shape index (κ1) is 15.9. The van der Waals surface area contributed by atoms with Crippen molar-refractivity contribution in [3.8, 4) is 0 Å². The third-order valence-corrected chi connectivity index (χ3v) is 3.49. The molecule has 2 amide bonds. The molecule has 1 aromatic rings. The quantitative estimate of drug-likeness (QED) is 0.625. The average molecular weight is 301 g/mol. The van der Waals surface area contributed by atoms with Crippen LogP contribution in [0.1, 0.15) is 23.4 Å². The molecule has 4 N–H and O–H groups in total. The molecule has 1 heterocycles. The van der Waals surface area contributed by atoms with Crippen molar-refractivity contribution in [3.63, 3.8) is 0 Å². The van der Waals surface area contributed by atoms with E-state index >= 15 is 0 Å². The Morgan fingerprint density at radius 1 is 1.30 bits per heavy atom. The first-order valence-corrected chi connectivity index (χ1v) is 6.57. The number of carboxylic acid groups (broad SMARTS) is 2. The molecule has 0 saturated carbocycles. The van der Waals surface area contributed by atoms with Gasteiger partial charge in [-0.2, -0.15) is 0 Å². The Labute approximate surface area is 118 Å². The number of aliphatic carboxylic acids is 2. The summed E-state index contributed by atoms with van der Waals surface area (Å²) in [6.07, 6.45) is -0.527. The van der Waals surface area contributed by atoms with Gasteiger partial charge in [0, 0.05) is 11.3 Å². The summed E-state index contributed by atoms with van der Waals surface area (Å²) in [6, 6.07) is -1.98. The number of hydrogen-bond acceptors (Lipinski definition) is 5. The van der Waals surface area contributed by atoms with Crippen molar-refractivity contribution in [2.75, 3.05) is 5.32 Å². The van der Waals surface area contributed by atoms with E-state index in [9.17, 15) is 14.4 Å². The molecule has 0 aliphatic rings. The highest BCUT2D eigenvalue weighted by Crippen LogP contribution is 2.20. The van der Waals surface area contributed by atoms with Gasteiger partial charge >= 0.3 is 18.0 Å². The van der Waals surface area contributed by atoms with Gasteiger partial charge in [-0.1, -0.05) is 0 Å². The SMILES string of the molecule is Cc1nc(NC(=O)NC(CCC(=O)O)C(=O)O)sc1C. The zero-order valence-corrected chi connectivity index (χ0v) is 11.8. The van der Waals surface area contributed by atoms with Crippen LogP contribution in [0.4, 0.5) is 9.93 Å². The van der Waals surface area contributed by atoms with E-state index in [1.54, 1.807) is 6.92 Å². The molecule has 1 atom stereocenters. The van der Waals surface area contributed by atoms with E-state index in [1.165, 1.54) is 11.3 Å². The molecule has 1 aromatic heterocycles. The lowest BCUT2D eigenvalue weighted by Gasteiger charge is -2.13. The molecule has 110 valence electrons. The van der Waals surface area contributed by atoms with E-state index < -0.39 is 24.0 Å². The summed E-state index contributed by atoms with van der Waals surface area (Å²) in [5.41, 5.74) is 0.783. The number of aryl methyl sites for hydroxylation is 2. The van der Waals surface area contributed by atoms with E-state index in [4.69, 9.17) is 10.2 Å². The van der Waals surface area contributed by atoms with Crippen LogP contribution in [0.15, 0.2) is 0 Å². The van der Waals surface area contributed by atoms with Crippen LogP contribution >= 0.6 is 11.3 Å². The predicted molar refractivity (Wildman–Crippen MR) is 72.0 cm³/mol. The normalized spacial score (nSPS) is 11.7. The van der Waals surface area contributed by atoms with Crippen LogP contribution in [0.3, 0.4) is 0 Å². The largest absolute Gasteiger partial charge is 0.481 e. The molecule has 9 heteroatoms. The number of aromatic nitrogens is 1. The first-order chi connectivity index (χ1) is 9.29. The van der Waals surface area contributed by atoms with Crippen molar-refractivity contribution in [2.24, 2.45) is 0 Å². The highest BCUT2D eigenvalue weighted by Gasteiger charge is 2.21. The summed E-state index contributed by atoms with van der Waals surface area (Å²) in [6.45, 7) is 3.64. The van der Waals surface area contributed by atoms with Gasteiger partial charge in [-0.15, -0.1) is 11.3 Å². The van der Waals surface area contributed by atoms with Gasteiger partial charge in [0.15, 0.2) is 5.13 Å². The summed E-state index contributed by atoms with van der Waals surface area (Å²) < 4.78 is 0. The number of urea groups is 1. The topological polar surface area (TPSA) is 129 Å². The molecule has 0 fully saturated rings. The van der Waals surface area contributed by atoms with E-state index in [2.05, 4.69) is 15.6 Å². The Balaban J connectivity index is 2.57. The lowest BCUT2D eigenvalue weighted by atomic mass is 10.1. The van der Waals surface area contributed by atoms with E-state index in [0.717, 1.165) is 10.6 Å². The molecule has 8 nitrogen and oxygen atoms in total. The molecule has 0 aliphatic heterocycles. The lowest BCUT2D eigenvalue weighted by Crippen LogP contribution is -2.43. The summed E-state index contributed by atoms with van der Waals surface area (Å²) in [7, 11) is 0. The molecule has 0 aromatic carbocycles. The Hall–Kier alpha value is -2.16. The van der Waals surface area contributed by atoms with Crippen LogP contribution in [0.25, 0.3) is 0 Å². The van der Waals surface area contributed by atoms with Crippen LogP contribution in [0.2, 0.25) is 0 Å². The van der Waals surface area contributed by atoms with Gasteiger partial charge in [0.05, 0.1) is 5.69 Å². The van der Waals surface area contributed by atoms with Gasteiger partial charge in [0.1, 0.15) is 6.04 Å². The second-order valence-electron chi connectivity index (χ2n) is 4.08. The average Bonchev–Trinajstić information content (AvgIpc) is 2.62. The van der Waals surface area contributed by atoms with Crippen molar-refractivity contribution >= 4 is 34.4 Å². The maximum absolute atomic E-state index is 11.6. The van der Waals surface area contributed by atoms with Crippen LogP contribution in [0, 0.1) is 13.8 Å². The van der Waals surface area contributed by atoms with Crippen molar-refractivity contribution < 1.29 is 24.6 Å². The lowest BCUT2D eigenvalue weighted by molar-refractivity contribution is -0.140. The maximum atomic E-state index is 11.6. The monoisotopic (exact) mass is 301 g/mol. The fourth-order valence-corrected chi connectivity index (χ4v) is 2.15. The van der Waals surface area contributed by atoms with Gasteiger partial charge in [-0.05, 0) is 20.3 Å². The van der Waals surface area contributed by atoms with Gasteiger partial charge in [0.25, 0.3) is 0 Å². The molecular formula is C11H15N3O5S. The number of amides is 2. The second-order valence-corrected chi connectivity index (χ2v) is 5.29. The second kappa shape index (κ2) is 6.85. The summed E-state index contributed by atoms with van der Waals surface area (Å²) in [5.74, 6) is -2.41. The minimum atomic E-state index is -1.28. The third-order valence-electron chi connectivity index (χ3n) is 2.50. The Morgan fingerprint density at radius 3 is 2.40 bits per heavy atom. The van der Waals surface area contributed by atoms with Gasteiger partial charge < -0.3 is 15.5 Å². The number of carboxylic acids is 2. The third kappa shape index (κ3) is 4.84. The van der Waals surface area contributed by atoms with Gasteiger partial charge in [-0.3, -0.25) is 10.1 Å². The minimum absolute atomic E-state index is 0.186. The molecule has 0 spiro atoms. The number of nitrogens with zero attached hydrogens (tertiary/aromatic N) is 1. The molecule has 0 radical (unpaired) electrons. The van der Waals surface area contributed by atoms with Crippen LogP contribution in [0.5, 0.6) is 0 Å². The number of thiazole rings is 1. The highest BCUT2D eigenvalue weighted by atomic mass is 32.1. The van der Waals surface area contributed by atoms with Crippen molar-refractivity contribution in [3.05, 3.63) is 10.6 Å².